The Morgan fingerprint density at radius 3 is 2.04 bits per heavy atom. The van der Waals surface area contributed by atoms with Gasteiger partial charge in [0.15, 0.2) is 5.79 Å². The number of carbonyl (C=O) groups excluding carboxylic acids is 1. The fourth-order valence-corrected chi connectivity index (χ4v) is 11.3. The summed E-state index contributed by atoms with van der Waals surface area (Å²) in [7, 11) is -1.62. The zero-order chi connectivity index (χ0) is 34.4. The second kappa shape index (κ2) is 15.4. The SMILES string of the molecule is COC(=O)/C=C1\[C@@H]([C@H]2COC(C)(C)O2)[C@H](O)C(CO[Si](c2ccccc2)(c2ccccc2)C(C)(C)C)=C[C@H]1OCOCc1ccccc1. The summed E-state index contributed by atoms with van der Waals surface area (Å²) in [5.74, 6) is -2.09. The number of esters is 1. The second-order valence-electron chi connectivity index (χ2n) is 13.7. The average molecular weight is 673 g/mol. The maximum absolute atomic E-state index is 12.7. The number of aliphatic hydroxyl groups excluding tert-OH is 1. The number of methoxy groups -OCH3 is 1. The molecule has 1 aliphatic heterocycles. The van der Waals surface area contributed by atoms with Crippen molar-refractivity contribution < 1.29 is 38.0 Å². The van der Waals surface area contributed by atoms with Crippen LogP contribution >= 0.6 is 0 Å². The monoisotopic (exact) mass is 672 g/mol. The second-order valence-corrected chi connectivity index (χ2v) is 18.0. The van der Waals surface area contributed by atoms with E-state index in [9.17, 15) is 9.90 Å². The van der Waals surface area contributed by atoms with Crippen LogP contribution in [-0.2, 0) is 39.5 Å². The first-order valence-corrected chi connectivity index (χ1v) is 18.3. The normalized spacial score (nSPS) is 23.6. The largest absolute Gasteiger partial charge is 0.466 e. The minimum atomic E-state index is -2.94. The maximum atomic E-state index is 12.7. The van der Waals surface area contributed by atoms with E-state index in [4.69, 9.17) is 28.1 Å². The van der Waals surface area contributed by atoms with Gasteiger partial charge in [-0.25, -0.2) is 4.79 Å². The van der Waals surface area contributed by atoms with E-state index in [1.165, 1.54) is 13.2 Å². The molecule has 1 heterocycles. The third-order valence-electron chi connectivity index (χ3n) is 9.03. The minimum Gasteiger partial charge on any atom is -0.466 e. The van der Waals surface area contributed by atoms with Crippen LogP contribution in [0, 0.1) is 5.92 Å². The Kier molecular flexibility index (Phi) is 11.5. The fraction of sp³-hybridized carbons (Fsp3) is 0.410. The lowest BCUT2D eigenvalue weighted by Crippen LogP contribution is -2.66. The summed E-state index contributed by atoms with van der Waals surface area (Å²) in [6.07, 6.45) is 0.908. The highest BCUT2D eigenvalue weighted by Gasteiger charge is 2.52. The number of rotatable bonds is 12. The predicted molar refractivity (Wildman–Crippen MR) is 187 cm³/mol. The number of hydrogen-bond donors (Lipinski definition) is 1. The average Bonchev–Trinajstić information content (AvgIpc) is 3.44. The van der Waals surface area contributed by atoms with Gasteiger partial charge in [-0.05, 0) is 52.0 Å². The first kappa shape index (κ1) is 35.9. The van der Waals surface area contributed by atoms with Crippen LogP contribution < -0.4 is 10.4 Å². The zero-order valence-electron chi connectivity index (χ0n) is 28.8. The lowest BCUT2D eigenvalue weighted by atomic mass is 9.77. The molecule has 8 nitrogen and oxygen atoms in total. The molecule has 48 heavy (non-hydrogen) atoms. The number of ether oxygens (including phenoxy) is 5. The predicted octanol–water partition coefficient (Wildman–Crippen LogP) is 5.29. The Hall–Kier alpha value is -3.41. The Labute approximate surface area is 285 Å². The van der Waals surface area contributed by atoms with Crippen molar-refractivity contribution in [3.8, 4) is 0 Å². The van der Waals surface area contributed by atoms with Crippen molar-refractivity contribution in [2.75, 3.05) is 27.1 Å². The van der Waals surface area contributed by atoms with Gasteiger partial charge < -0.3 is 33.2 Å². The van der Waals surface area contributed by atoms with Gasteiger partial charge in [0, 0.05) is 12.0 Å². The van der Waals surface area contributed by atoms with Gasteiger partial charge in [-0.1, -0.05) is 112 Å². The standard InChI is InChI=1S/C39H48O8Si/c1-38(2,3)48(30-18-12-8-13-19-30,31-20-14-9-15-21-31)46-25-29-22-33(44-27-43-24-28-16-10-7-11-17-28)32(23-35(40)42-6)36(37(29)41)34-26-45-39(4,5)47-34/h7-23,33-34,36-37,41H,24-27H2,1-6H3/b32-23-/t33-,34-,36+,37-/m1/s1. The quantitative estimate of drug-likeness (QED) is 0.0694. The van der Waals surface area contributed by atoms with E-state index in [0.717, 1.165) is 15.9 Å². The molecule has 0 bridgehead atoms. The van der Waals surface area contributed by atoms with Gasteiger partial charge in [-0.2, -0.15) is 0 Å². The molecule has 1 saturated heterocycles. The summed E-state index contributed by atoms with van der Waals surface area (Å²) in [6, 6.07) is 30.6. The van der Waals surface area contributed by atoms with Crippen molar-refractivity contribution in [1.29, 1.82) is 0 Å². The van der Waals surface area contributed by atoms with E-state index >= 15 is 0 Å². The van der Waals surface area contributed by atoms with Gasteiger partial charge in [0.25, 0.3) is 8.32 Å². The number of benzene rings is 3. The Bertz CT molecular complexity index is 1510. The van der Waals surface area contributed by atoms with Crippen LogP contribution in [0.4, 0.5) is 0 Å². The van der Waals surface area contributed by atoms with E-state index in [1.54, 1.807) is 0 Å². The van der Waals surface area contributed by atoms with Crippen molar-refractivity contribution >= 4 is 24.7 Å². The van der Waals surface area contributed by atoms with Gasteiger partial charge in [0.1, 0.15) is 12.9 Å². The molecule has 1 fully saturated rings. The molecule has 3 aromatic carbocycles. The molecule has 3 aromatic rings. The van der Waals surface area contributed by atoms with Crippen molar-refractivity contribution in [2.24, 2.45) is 5.92 Å². The fourth-order valence-electron chi connectivity index (χ4n) is 6.76. The first-order valence-electron chi connectivity index (χ1n) is 16.4. The zero-order valence-corrected chi connectivity index (χ0v) is 29.8. The van der Waals surface area contributed by atoms with Gasteiger partial charge in [-0.15, -0.1) is 0 Å². The molecule has 0 radical (unpaired) electrons. The lowest BCUT2D eigenvalue weighted by Gasteiger charge is -2.44. The Morgan fingerprint density at radius 1 is 0.938 bits per heavy atom. The molecule has 4 atom stereocenters. The summed E-state index contributed by atoms with van der Waals surface area (Å²) in [5, 5.41) is 14.1. The topological polar surface area (TPSA) is 92.7 Å². The van der Waals surface area contributed by atoms with Crippen LogP contribution in [0.1, 0.15) is 40.2 Å². The molecule has 0 spiro atoms. The summed E-state index contributed by atoms with van der Waals surface area (Å²) < 4.78 is 36.7. The molecule has 5 rings (SSSR count). The molecule has 1 N–H and O–H groups in total. The summed E-state index contributed by atoms with van der Waals surface area (Å²) in [4.78, 5) is 12.7. The molecule has 9 heteroatoms. The van der Waals surface area contributed by atoms with Crippen molar-refractivity contribution in [3.05, 3.63) is 120 Å². The van der Waals surface area contributed by atoms with Crippen LogP contribution in [0.25, 0.3) is 0 Å². The first-order chi connectivity index (χ1) is 22.9. The summed E-state index contributed by atoms with van der Waals surface area (Å²) >= 11 is 0. The molecule has 2 aliphatic rings. The number of aliphatic hydroxyl groups is 1. The van der Waals surface area contributed by atoms with Crippen LogP contribution in [-0.4, -0.2) is 70.6 Å². The van der Waals surface area contributed by atoms with Gasteiger partial charge >= 0.3 is 5.97 Å². The highest BCUT2D eigenvalue weighted by Crippen LogP contribution is 2.41. The molecule has 0 amide bonds. The Morgan fingerprint density at radius 2 is 1.52 bits per heavy atom. The van der Waals surface area contributed by atoms with Crippen LogP contribution in [0.3, 0.4) is 0 Å². The molecule has 0 aromatic heterocycles. The van der Waals surface area contributed by atoms with E-state index in [0.29, 0.717) is 17.8 Å². The smallest absolute Gasteiger partial charge is 0.330 e. The summed E-state index contributed by atoms with van der Waals surface area (Å²) in [6.45, 7) is 11.0. The van der Waals surface area contributed by atoms with Crippen LogP contribution in [0.2, 0.25) is 5.04 Å². The van der Waals surface area contributed by atoms with E-state index in [-0.39, 0.29) is 25.0 Å². The number of hydrogen-bond acceptors (Lipinski definition) is 8. The molecule has 1 aliphatic carbocycles. The van der Waals surface area contributed by atoms with E-state index in [2.05, 4.69) is 45.0 Å². The Balaban J connectivity index is 1.53. The van der Waals surface area contributed by atoms with Crippen LogP contribution in [0.5, 0.6) is 0 Å². The third-order valence-corrected chi connectivity index (χ3v) is 14.0. The van der Waals surface area contributed by atoms with Gasteiger partial charge in [0.2, 0.25) is 0 Å². The third kappa shape index (κ3) is 8.06. The number of carbonyl (C=O) groups is 1. The maximum Gasteiger partial charge on any atom is 0.330 e. The lowest BCUT2D eigenvalue weighted by molar-refractivity contribution is -0.149. The molecular formula is C39H48O8Si. The molecule has 0 saturated carbocycles. The molecular weight excluding hydrogens is 625 g/mol. The molecule has 256 valence electrons. The highest BCUT2D eigenvalue weighted by atomic mass is 28.4. The van der Waals surface area contributed by atoms with Crippen LogP contribution in [0.15, 0.2) is 114 Å². The summed E-state index contributed by atoms with van der Waals surface area (Å²) in [5.41, 5.74) is 2.17. The van der Waals surface area contributed by atoms with Crippen molar-refractivity contribution in [1.82, 2.24) is 0 Å². The van der Waals surface area contributed by atoms with Crippen molar-refractivity contribution in [3.63, 3.8) is 0 Å². The van der Waals surface area contributed by atoms with Gasteiger partial charge in [0.05, 0.1) is 39.1 Å². The molecule has 0 unspecified atom stereocenters. The highest BCUT2D eigenvalue weighted by molar-refractivity contribution is 6.99. The van der Waals surface area contributed by atoms with E-state index in [1.807, 2.05) is 86.7 Å². The minimum absolute atomic E-state index is 0.0479. The van der Waals surface area contributed by atoms with Gasteiger partial charge in [-0.3, -0.25) is 0 Å². The van der Waals surface area contributed by atoms with Crippen molar-refractivity contribution in [2.45, 2.75) is 70.4 Å². The van der Waals surface area contributed by atoms with E-state index < -0.39 is 44.3 Å².